The van der Waals surface area contributed by atoms with Crippen LogP contribution in [0.4, 0.5) is 0 Å². The third kappa shape index (κ3) is 3.22. The molecule has 1 aliphatic carbocycles. The number of rotatable bonds is 4. The van der Waals surface area contributed by atoms with Crippen LogP contribution in [0.1, 0.15) is 29.4 Å². The molecule has 2 atom stereocenters. The summed E-state index contributed by atoms with van der Waals surface area (Å²) < 4.78 is 5.28. The Balaban J connectivity index is 1.28. The molecule has 0 N–H and O–H groups in total. The Hall–Kier alpha value is -2.14. The smallest absolute Gasteiger partial charge is 0.226 e. The van der Waals surface area contributed by atoms with E-state index >= 15 is 0 Å². The SMILES string of the molecule is Cc1cc(CN2CCN(C(=O)[C@@H]3C[C@@H]3c3ccccc3)CC2)on1. The van der Waals surface area contributed by atoms with Crippen molar-refractivity contribution in [2.75, 3.05) is 26.2 Å². The van der Waals surface area contributed by atoms with Gasteiger partial charge in [0.25, 0.3) is 0 Å². The van der Waals surface area contributed by atoms with Crippen LogP contribution < -0.4 is 0 Å². The number of nitrogens with zero attached hydrogens (tertiary/aromatic N) is 3. The summed E-state index contributed by atoms with van der Waals surface area (Å²) in [5.41, 5.74) is 2.22. The monoisotopic (exact) mass is 325 g/mol. The van der Waals surface area contributed by atoms with Gasteiger partial charge in [-0.2, -0.15) is 0 Å². The fraction of sp³-hybridized carbons (Fsp3) is 0.474. The van der Waals surface area contributed by atoms with Crippen LogP contribution in [0.5, 0.6) is 0 Å². The van der Waals surface area contributed by atoms with Crippen molar-refractivity contribution in [2.24, 2.45) is 5.92 Å². The van der Waals surface area contributed by atoms with E-state index in [2.05, 4.69) is 34.3 Å². The molecule has 1 amide bonds. The van der Waals surface area contributed by atoms with Gasteiger partial charge in [0.1, 0.15) is 0 Å². The van der Waals surface area contributed by atoms with Gasteiger partial charge in [-0.1, -0.05) is 35.5 Å². The molecule has 1 saturated carbocycles. The molecule has 0 bridgehead atoms. The predicted molar refractivity (Wildman–Crippen MR) is 90.4 cm³/mol. The molecule has 0 radical (unpaired) electrons. The number of amides is 1. The number of benzene rings is 1. The van der Waals surface area contributed by atoms with Crippen LogP contribution in [-0.4, -0.2) is 47.0 Å². The standard InChI is InChI=1S/C19H23N3O2/c1-14-11-16(24-20-14)13-21-7-9-22(10-8-21)19(23)18-12-17(18)15-5-3-2-4-6-15/h2-6,11,17-18H,7-10,12-13H2,1H3/t17-,18-/m1/s1. The largest absolute Gasteiger partial charge is 0.360 e. The second kappa shape index (κ2) is 6.40. The Morgan fingerprint density at radius 1 is 1.21 bits per heavy atom. The third-order valence-electron chi connectivity index (χ3n) is 5.08. The summed E-state index contributed by atoms with van der Waals surface area (Å²) in [7, 11) is 0. The summed E-state index contributed by atoms with van der Waals surface area (Å²) in [4.78, 5) is 17.1. The van der Waals surface area contributed by atoms with E-state index in [1.807, 2.05) is 24.0 Å². The molecule has 1 aliphatic heterocycles. The zero-order chi connectivity index (χ0) is 16.5. The van der Waals surface area contributed by atoms with E-state index in [4.69, 9.17) is 4.52 Å². The molecule has 2 heterocycles. The number of hydrogen-bond donors (Lipinski definition) is 0. The zero-order valence-electron chi connectivity index (χ0n) is 14.0. The second-order valence-electron chi connectivity index (χ2n) is 6.90. The van der Waals surface area contributed by atoms with Gasteiger partial charge in [0, 0.05) is 38.2 Å². The highest BCUT2D eigenvalue weighted by Crippen LogP contribution is 2.48. The summed E-state index contributed by atoms with van der Waals surface area (Å²) in [6, 6.07) is 12.4. The van der Waals surface area contributed by atoms with Crippen LogP contribution in [0.3, 0.4) is 0 Å². The summed E-state index contributed by atoms with van der Waals surface area (Å²) in [6.45, 7) is 6.12. The molecule has 1 aromatic heterocycles. The van der Waals surface area contributed by atoms with Crippen LogP contribution in [0.2, 0.25) is 0 Å². The zero-order valence-corrected chi connectivity index (χ0v) is 14.0. The molecule has 2 aromatic rings. The Morgan fingerprint density at radius 3 is 2.62 bits per heavy atom. The lowest BCUT2D eigenvalue weighted by molar-refractivity contribution is -0.134. The van der Waals surface area contributed by atoms with E-state index in [-0.39, 0.29) is 5.92 Å². The molecule has 1 aromatic carbocycles. The first kappa shape index (κ1) is 15.4. The van der Waals surface area contributed by atoms with Crippen LogP contribution >= 0.6 is 0 Å². The van der Waals surface area contributed by atoms with Crippen LogP contribution in [-0.2, 0) is 11.3 Å². The van der Waals surface area contributed by atoms with Gasteiger partial charge in [0.15, 0.2) is 5.76 Å². The van der Waals surface area contributed by atoms with Gasteiger partial charge < -0.3 is 9.42 Å². The van der Waals surface area contributed by atoms with Crippen molar-refractivity contribution in [1.29, 1.82) is 0 Å². The molecule has 5 nitrogen and oxygen atoms in total. The topological polar surface area (TPSA) is 49.6 Å². The number of carbonyl (C=O) groups is 1. The number of aryl methyl sites for hydroxylation is 1. The number of hydrogen-bond acceptors (Lipinski definition) is 4. The summed E-state index contributed by atoms with van der Waals surface area (Å²) in [6.07, 6.45) is 1.00. The number of piperazine rings is 1. The van der Waals surface area contributed by atoms with Gasteiger partial charge >= 0.3 is 0 Å². The summed E-state index contributed by atoms with van der Waals surface area (Å²) in [5.74, 6) is 1.85. The molecule has 126 valence electrons. The fourth-order valence-corrected chi connectivity index (χ4v) is 3.61. The van der Waals surface area contributed by atoms with Crippen molar-refractivity contribution in [3.8, 4) is 0 Å². The molecule has 24 heavy (non-hydrogen) atoms. The van der Waals surface area contributed by atoms with Gasteiger partial charge in [-0.25, -0.2) is 0 Å². The van der Waals surface area contributed by atoms with E-state index in [0.717, 1.165) is 50.6 Å². The molecule has 2 fully saturated rings. The minimum atomic E-state index is 0.191. The molecule has 5 heteroatoms. The van der Waals surface area contributed by atoms with Gasteiger partial charge in [0.05, 0.1) is 12.2 Å². The van der Waals surface area contributed by atoms with E-state index in [1.54, 1.807) is 0 Å². The highest BCUT2D eigenvalue weighted by Gasteiger charge is 2.45. The first-order valence-electron chi connectivity index (χ1n) is 8.69. The van der Waals surface area contributed by atoms with Crippen molar-refractivity contribution in [1.82, 2.24) is 15.0 Å². The Bertz CT molecular complexity index is 704. The lowest BCUT2D eigenvalue weighted by atomic mass is 10.1. The average molecular weight is 325 g/mol. The molecule has 4 rings (SSSR count). The molecular formula is C19H23N3O2. The molecule has 1 saturated heterocycles. The van der Waals surface area contributed by atoms with E-state index < -0.39 is 0 Å². The summed E-state index contributed by atoms with van der Waals surface area (Å²) in [5, 5.41) is 3.93. The van der Waals surface area contributed by atoms with E-state index in [9.17, 15) is 4.79 Å². The van der Waals surface area contributed by atoms with Crippen molar-refractivity contribution in [3.63, 3.8) is 0 Å². The maximum absolute atomic E-state index is 12.7. The highest BCUT2D eigenvalue weighted by atomic mass is 16.5. The van der Waals surface area contributed by atoms with E-state index in [0.29, 0.717) is 11.8 Å². The maximum atomic E-state index is 12.7. The van der Waals surface area contributed by atoms with Gasteiger partial charge in [-0.05, 0) is 24.8 Å². The van der Waals surface area contributed by atoms with Crippen molar-refractivity contribution in [2.45, 2.75) is 25.8 Å². The lowest BCUT2D eigenvalue weighted by Crippen LogP contribution is -2.48. The highest BCUT2D eigenvalue weighted by molar-refractivity contribution is 5.83. The number of carbonyl (C=O) groups excluding carboxylic acids is 1. The quantitative estimate of drug-likeness (QED) is 0.866. The van der Waals surface area contributed by atoms with Crippen LogP contribution in [0.15, 0.2) is 40.9 Å². The third-order valence-corrected chi connectivity index (χ3v) is 5.08. The van der Waals surface area contributed by atoms with Gasteiger partial charge in [0.2, 0.25) is 5.91 Å². The Kier molecular flexibility index (Phi) is 4.10. The number of aromatic nitrogens is 1. The van der Waals surface area contributed by atoms with Crippen molar-refractivity contribution in [3.05, 3.63) is 53.4 Å². The average Bonchev–Trinajstić information content (AvgIpc) is 3.32. The fourth-order valence-electron chi connectivity index (χ4n) is 3.61. The van der Waals surface area contributed by atoms with Crippen molar-refractivity contribution < 1.29 is 9.32 Å². The molecule has 0 spiro atoms. The Labute approximate surface area is 142 Å². The first-order valence-corrected chi connectivity index (χ1v) is 8.69. The summed E-state index contributed by atoms with van der Waals surface area (Å²) >= 11 is 0. The van der Waals surface area contributed by atoms with Gasteiger partial charge in [-0.15, -0.1) is 0 Å². The normalized spacial score (nSPS) is 24.1. The first-order chi connectivity index (χ1) is 11.7. The van der Waals surface area contributed by atoms with E-state index in [1.165, 1.54) is 5.56 Å². The van der Waals surface area contributed by atoms with Gasteiger partial charge in [-0.3, -0.25) is 9.69 Å². The lowest BCUT2D eigenvalue weighted by Gasteiger charge is -2.34. The predicted octanol–water partition coefficient (Wildman–Crippen LogP) is 2.43. The molecular weight excluding hydrogens is 302 g/mol. The Morgan fingerprint density at radius 2 is 1.96 bits per heavy atom. The second-order valence-corrected chi connectivity index (χ2v) is 6.90. The maximum Gasteiger partial charge on any atom is 0.226 e. The van der Waals surface area contributed by atoms with Crippen LogP contribution in [0.25, 0.3) is 0 Å². The minimum absolute atomic E-state index is 0.191. The van der Waals surface area contributed by atoms with Crippen LogP contribution in [0, 0.1) is 12.8 Å². The molecule has 0 unspecified atom stereocenters. The van der Waals surface area contributed by atoms with Crippen molar-refractivity contribution >= 4 is 5.91 Å². The minimum Gasteiger partial charge on any atom is -0.360 e. The molecule has 2 aliphatic rings.